The number of nitrogens with zero attached hydrogens (tertiary/aromatic N) is 4. The molecule has 2 aromatic carbocycles. The second-order valence-electron chi connectivity index (χ2n) is 8.49. The van der Waals surface area contributed by atoms with Gasteiger partial charge in [0.2, 0.25) is 0 Å². The van der Waals surface area contributed by atoms with Crippen LogP contribution in [-0.2, 0) is 4.79 Å². The molecule has 2 aliphatic heterocycles. The van der Waals surface area contributed by atoms with Gasteiger partial charge in [0.25, 0.3) is 5.91 Å². The first-order valence-corrected chi connectivity index (χ1v) is 11.0. The van der Waals surface area contributed by atoms with Crippen molar-refractivity contribution in [3.05, 3.63) is 70.8 Å². The number of piperazine rings is 1. The molecule has 0 aliphatic carbocycles. The molecule has 2 heterocycles. The summed E-state index contributed by atoms with van der Waals surface area (Å²) in [7, 11) is 0. The van der Waals surface area contributed by atoms with Crippen molar-refractivity contribution in [3.8, 4) is 0 Å². The van der Waals surface area contributed by atoms with E-state index in [0.29, 0.717) is 6.54 Å². The summed E-state index contributed by atoms with van der Waals surface area (Å²) in [5.74, 6) is 0.0904. The van der Waals surface area contributed by atoms with Crippen molar-refractivity contribution in [3.63, 3.8) is 0 Å². The predicted molar refractivity (Wildman–Crippen MR) is 122 cm³/mol. The molecular formula is C25H32N4O. The topological polar surface area (TPSA) is 39.1 Å². The number of aryl methyl sites for hydroxylation is 2. The van der Waals surface area contributed by atoms with Gasteiger partial charge < -0.3 is 4.90 Å². The van der Waals surface area contributed by atoms with E-state index in [1.165, 1.54) is 11.1 Å². The Labute approximate surface area is 180 Å². The second kappa shape index (κ2) is 9.11. The summed E-state index contributed by atoms with van der Waals surface area (Å²) in [5, 5.41) is 6.57. The van der Waals surface area contributed by atoms with Gasteiger partial charge in [-0.15, -0.1) is 0 Å². The fraction of sp³-hybridized carbons (Fsp3) is 0.440. The minimum atomic E-state index is -0.0358. The molecule has 158 valence electrons. The minimum absolute atomic E-state index is 0.0358. The zero-order chi connectivity index (χ0) is 21.1. The van der Waals surface area contributed by atoms with Crippen molar-refractivity contribution in [2.45, 2.75) is 33.2 Å². The van der Waals surface area contributed by atoms with Crippen LogP contribution in [0.25, 0.3) is 0 Å². The second-order valence-corrected chi connectivity index (χ2v) is 8.49. The number of hydrazone groups is 1. The molecule has 0 spiro atoms. The lowest BCUT2D eigenvalue weighted by Crippen LogP contribution is -2.49. The first-order valence-electron chi connectivity index (χ1n) is 11.0. The van der Waals surface area contributed by atoms with Crippen molar-refractivity contribution >= 4 is 11.6 Å². The van der Waals surface area contributed by atoms with Crippen LogP contribution in [0.4, 0.5) is 0 Å². The third-order valence-electron chi connectivity index (χ3n) is 6.28. The van der Waals surface area contributed by atoms with Gasteiger partial charge in [-0.2, -0.15) is 5.10 Å². The van der Waals surface area contributed by atoms with Gasteiger partial charge >= 0.3 is 0 Å². The third kappa shape index (κ3) is 4.63. The maximum Gasteiger partial charge on any atom is 0.257 e. The van der Waals surface area contributed by atoms with E-state index in [1.54, 1.807) is 5.01 Å². The van der Waals surface area contributed by atoms with E-state index >= 15 is 0 Å². The van der Waals surface area contributed by atoms with Crippen molar-refractivity contribution in [1.82, 2.24) is 14.8 Å². The van der Waals surface area contributed by atoms with Gasteiger partial charge in [0.05, 0.1) is 18.3 Å². The van der Waals surface area contributed by atoms with Crippen LogP contribution in [0.3, 0.4) is 0 Å². The van der Waals surface area contributed by atoms with Gasteiger partial charge in [-0.25, -0.2) is 5.01 Å². The smallest absolute Gasteiger partial charge is 0.257 e. The molecule has 4 rings (SSSR count). The van der Waals surface area contributed by atoms with E-state index in [-0.39, 0.29) is 11.9 Å². The molecule has 0 saturated carbocycles. The number of rotatable bonds is 5. The van der Waals surface area contributed by atoms with Crippen LogP contribution >= 0.6 is 0 Å². The average molecular weight is 405 g/mol. The maximum atomic E-state index is 13.3. The number of amides is 1. The Balaban J connectivity index is 1.54. The minimum Gasteiger partial charge on any atom is -0.301 e. The van der Waals surface area contributed by atoms with Crippen LogP contribution in [0, 0.1) is 13.8 Å². The van der Waals surface area contributed by atoms with E-state index in [0.717, 1.165) is 56.0 Å². The Morgan fingerprint density at radius 2 is 1.47 bits per heavy atom. The summed E-state index contributed by atoms with van der Waals surface area (Å²) in [6.45, 7) is 11.8. The number of carbonyl (C=O) groups excluding carboxylic acids is 1. The lowest BCUT2D eigenvalue weighted by molar-refractivity contribution is -0.134. The lowest BCUT2D eigenvalue weighted by Gasteiger charge is -2.34. The molecule has 1 atom stereocenters. The Morgan fingerprint density at radius 3 is 2.07 bits per heavy atom. The summed E-state index contributed by atoms with van der Waals surface area (Å²) in [6.07, 6.45) is 0.751. The molecule has 0 radical (unpaired) electrons. The molecule has 1 saturated heterocycles. The van der Waals surface area contributed by atoms with Crippen molar-refractivity contribution in [1.29, 1.82) is 0 Å². The highest BCUT2D eigenvalue weighted by molar-refractivity contribution is 6.03. The van der Waals surface area contributed by atoms with Gasteiger partial charge in [0.15, 0.2) is 0 Å². The largest absolute Gasteiger partial charge is 0.301 e. The predicted octanol–water partition coefficient (Wildman–Crippen LogP) is 3.62. The average Bonchev–Trinajstić information content (AvgIpc) is 3.21. The van der Waals surface area contributed by atoms with Crippen LogP contribution in [0.1, 0.15) is 41.6 Å². The normalized spacial score (nSPS) is 20.4. The van der Waals surface area contributed by atoms with Crippen molar-refractivity contribution < 1.29 is 4.79 Å². The zero-order valence-electron chi connectivity index (χ0n) is 18.3. The number of carbonyl (C=O) groups is 1. The molecule has 0 N–H and O–H groups in total. The molecule has 0 unspecified atom stereocenters. The molecule has 30 heavy (non-hydrogen) atoms. The standard InChI is InChI=1S/C25H32N4O/c1-4-27-13-15-28(16-14-27)18-25(30)29-24(22-11-7-20(3)8-12-22)17-23(26-29)21-9-5-19(2)6-10-21/h5-12,24H,4,13-18H2,1-3H3/t24-/m0/s1. The highest BCUT2D eigenvalue weighted by Crippen LogP contribution is 2.33. The van der Waals surface area contributed by atoms with Gasteiger partial charge in [-0.05, 0) is 31.5 Å². The van der Waals surface area contributed by atoms with E-state index in [4.69, 9.17) is 5.10 Å². The Hall–Kier alpha value is -2.50. The molecule has 1 fully saturated rings. The van der Waals surface area contributed by atoms with E-state index < -0.39 is 0 Å². The number of hydrogen-bond donors (Lipinski definition) is 0. The van der Waals surface area contributed by atoms with Gasteiger partial charge in [-0.3, -0.25) is 9.69 Å². The molecule has 2 aliphatic rings. The molecule has 5 heteroatoms. The van der Waals surface area contributed by atoms with Crippen LogP contribution < -0.4 is 0 Å². The summed E-state index contributed by atoms with van der Waals surface area (Å²) in [5.41, 5.74) is 5.69. The first kappa shape index (κ1) is 20.8. The van der Waals surface area contributed by atoms with Gasteiger partial charge in [0.1, 0.15) is 0 Å². The van der Waals surface area contributed by atoms with E-state index in [9.17, 15) is 4.79 Å². The summed E-state index contributed by atoms with van der Waals surface area (Å²) in [4.78, 5) is 18.0. The number of likely N-dealkylation sites (N-methyl/N-ethyl adjacent to an activating group) is 1. The third-order valence-corrected chi connectivity index (χ3v) is 6.28. The molecule has 2 aromatic rings. The van der Waals surface area contributed by atoms with Crippen LogP contribution in [0.2, 0.25) is 0 Å². The van der Waals surface area contributed by atoms with Crippen LogP contribution in [0.15, 0.2) is 53.6 Å². The van der Waals surface area contributed by atoms with Crippen LogP contribution in [-0.4, -0.2) is 65.7 Å². The van der Waals surface area contributed by atoms with Crippen LogP contribution in [0.5, 0.6) is 0 Å². The summed E-state index contributed by atoms with van der Waals surface area (Å²) >= 11 is 0. The first-order chi connectivity index (χ1) is 14.5. The Bertz CT molecular complexity index is 896. The quantitative estimate of drug-likeness (QED) is 0.764. The van der Waals surface area contributed by atoms with Crippen molar-refractivity contribution in [2.75, 3.05) is 39.3 Å². The Kier molecular flexibility index (Phi) is 6.30. The fourth-order valence-electron chi connectivity index (χ4n) is 4.24. The van der Waals surface area contributed by atoms with E-state index in [2.05, 4.69) is 79.1 Å². The highest BCUT2D eigenvalue weighted by Gasteiger charge is 2.34. The van der Waals surface area contributed by atoms with Gasteiger partial charge in [-0.1, -0.05) is 66.6 Å². The van der Waals surface area contributed by atoms with Crippen molar-refractivity contribution in [2.24, 2.45) is 5.10 Å². The maximum absolute atomic E-state index is 13.3. The monoisotopic (exact) mass is 404 g/mol. The number of benzene rings is 2. The SMILES string of the molecule is CCN1CCN(CC(=O)N2N=C(c3ccc(C)cc3)C[C@H]2c2ccc(C)cc2)CC1. The highest BCUT2D eigenvalue weighted by atomic mass is 16.2. The van der Waals surface area contributed by atoms with E-state index in [1.807, 2.05) is 0 Å². The summed E-state index contributed by atoms with van der Waals surface area (Å²) < 4.78 is 0. The number of hydrogen-bond acceptors (Lipinski definition) is 4. The molecular weight excluding hydrogens is 372 g/mol. The molecule has 0 aromatic heterocycles. The molecule has 0 bridgehead atoms. The zero-order valence-corrected chi connectivity index (χ0v) is 18.3. The van der Waals surface area contributed by atoms with Gasteiger partial charge in [0, 0.05) is 32.6 Å². The molecule has 5 nitrogen and oxygen atoms in total. The molecule has 1 amide bonds. The fourth-order valence-corrected chi connectivity index (χ4v) is 4.24. The Morgan fingerprint density at radius 1 is 0.900 bits per heavy atom. The lowest BCUT2D eigenvalue weighted by atomic mass is 9.97. The summed E-state index contributed by atoms with van der Waals surface area (Å²) in [6, 6.07) is 16.9.